The second-order valence-corrected chi connectivity index (χ2v) is 12.0. The minimum Gasteiger partial charge on any atom is -0.494 e. The maximum Gasteiger partial charge on any atom is 0.264 e. The van der Waals surface area contributed by atoms with Crippen molar-refractivity contribution in [1.82, 2.24) is 10.2 Å². The zero-order valence-electron chi connectivity index (χ0n) is 24.1. The Morgan fingerprint density at radius 2 is 1.59 bits per heavy atom. The van der Waals surface area contributed by atoms with Crippen LogP contribution in [0.4, 0.5) is 10.1 Å². The van der Waals surface area contributed by atoms with Crippen molar-refractivity contribution >= 4 is 27.5 Å². The number of nitrogens with zero attached hydrogens (tertiary/aromatic N) is 2. The van der Waals surface area contributed by atoms with Crippen molar-refractivity contribution < 1.29 is 27.1 Å². The fourth-order valence-corrected chi connectivity index (χ4v) is 5.50. The van der Waals surface area contributed by atoms with Gasteiger partial charge in [-0.15, -0.1) is 0 Å². The van der Waals surface area contributed by atoms with Gasteiger partial charge in [0.1, 0.15) is 24.2 Å². The third-order valence-electron chi connectivity index (χ3n) is 6.47. The van der Waals surface area contributed by atoms with E-state index in [1.165, 1.54) is 35.2 Å². The standard InChI is InChI=1S/C31H38FN3O5S/c1-6-40-27-15-13-26(14-16-27)35(41(38,39)28-17-11-23(4)12-18-28)21-30(36)34(20-25-9-7-8-10-29(25)32)24(5)31(37)33-19-22(2)3/h7-18,22,24H,6,19-21H2,1-5H3,(H,33,37)/t24-/m0/s1. The van der Waals surface area contributed by atoms with Crippen LogP contribution in [0.2, 0.25) is 0 Å². The number of sulfonamides is 1. The van der Waals surface area contributed by atoms with Crippen molar-refractivity contribution in [2.24, 2.45) is 5.92 Å². The van der Waals surface area contributed by atoms with Gasteiger partial charge in [0.25, 0.3) is 10.0 Å². The van der Waals surface area contributed by atoms with E-state index in [1.807, 2.05) is 27.7 Å². The predicted octanol–water partition coefficient (Wildman–Crippen LogP) is 4.92. The summed E-state index contributed by atoms with van der Waals surface area (Å²) in [6.45, 7) is 9.11. The molecule has 0 saturated heterocycles. The van der Waals surface area contributed by atoms with Crippen LogP contribution in [0, 0.1) is 18.7 Å². The summed E-state index contributed by atoms with van der Waals surface area (Å²) in [7, 11) is -4.20. The lowest BCUT2D eigenvalue weighted by atomic mass is 10.1. The lowest BCUT2D eigenvalue weighted by Gasteiger charge is -2.32. The van der Waals surface area contributed by atoms with Crippen LogP contribution in [0.3, 0.4) is 0 Å². The summed E-state index contributed by atoms with van der Waals surface area (Å²) in [5.41, 5.74) is 1.33. The quantitative estimate of drug-likeness (QED) is 0.308. The number of benzene rings is 3. The summed E-state index contributed by atoms with van der Waals surface area (Å²) in [5, 5.41) is 2.81. The van der Waals surface area contributed by atoms with E-state index in [-0.39, 0.29) is 28.6 Å². The van der Waals surface area contributed by atoms with Gasteiger partial charge in [0.05, 0.1) is 17.2 Å². The van der Waals surface area contributed by atoms with E-state index in [4.69, 9.17) is 4.74 Å². The third kappa shape index (κ3) is 8.29. The molecule has 0 heterocycles. The SMILES string of the molecule is CCOc1ccc(N(CC(=O)N(Cc2ccccc2F)[C@@H](C)C(=O)NCC(C)C)S(=O)(=O)c2ccc(C)cc2)cc1. The normalized spacial score (nSPS) is 12.1. The van der Waals surface area contributed by atoms with E-state index >= 15 is 0 Å². The molecule has 220 valence electrons. The molecule has 0 bridgehead atoms. The van der Waals surface area contributed by atoms with Crippen molar-refractivity contribution in [2.75, 3.05) is 24.0 Å². The van der Waals surface area contributed by atoms with Gasteiger partial charge in [-0.05, 0) is 69.2 Å². The molecule has 3 aromatic rings. The van der Waals surface area contributed by atoms with Crippen molar-refractivity contribution in [3.8, 4) is 5.75 Å². The Balaban J connectivity index is 2.03. The summed E-state index contributed by atoms with van der Waals surface area (Å²) in [6, 6.07) is 17.7. The molecule has 41 heavy (non-hydrogen) atoms. The van der Waals surface area contributed by atoms with Crippen molar-refractivity contribution in [2.45, 2.75) is 52.1 Å². The Hall–Kier alpha value is -3.92. The number of rotatable bonds is 13. The number of amides is 2. The summed E-state index contributed by atoms with van der Waals surface area (Å²) >= 11 is 0. The van der Waals surface area contributed by atoms with Gasteiger partial charge in [-0.2, -0.15) is 0 Å². The van der Waals surface area contributed by atoms with Gasteiger partial charge >= 0.3 is 0 Å². The maximum absolute atomic E-state index is 14.6. The van der Waals surface area contributed by atoms with Crippen molar-refractivity contribution in [3.63, 3.8) is 0 Å². The number of carbonyl (C=O) groups excluding carboxylic acids is 2. The summed E-state index contributed by atoms with van der Waals surface area (Å²) in [5.74, 6) is -0.887. The predicted molar refractivity (Wildman–Crippen MR) is 158 cm³/mol. The zero-order valence-corrected chi connectivity index (χ0v) is 24.9. The minimum absolute atomic E-state index is 0.00756. The second kappa shape index (κ2) is 14.1. The fourth-order valence-electron chi connectivity index (χ4n) is 4.09. The highest BCUT2D eigenvalue weighted by Crippen LogP contribution is 2.27. The molecule has 0 unspecified atom stereocenters. The molecule has 0 aliphatic heterocycles. The fraction of sp³-hybridized carbons (Fsp3) is 0.355. The zero-order chi connectivity index (χ0) is 30.2. The number of aryl methyl sites for hydroxylation is 1. The van der Waals surface area contributed by atoms with Crippen LogP contribution in [0.25, 0.3) is 0 Å². The van der Waals surface area contributed by atoms with Gasteiger partial charge in [0, 0.05) is 18.7 Å². The molecule has 3 aromatic carbocycles. The Bertz CT molecular complexity index is 1430. The van der Waals surface area contributed by atoms with E-state index in [0.717, 1.165) is 9.87 Å². The van der Waals surface area contributed by atoms with E-state index < -0.39 is 40.2 Å². The Kier molecular flexibility index (Phi) is 10.9. The molecule has 0 fully saturated rings. The molecular weight excluding hydrogens is 545 g/mol. The first-order valence-corrected chi connectivity index (χ1v) is 15.0. The lowest BCUT2D eigenvalue weighted by molar-refractivity contribution is -0.139. The van der Waals surface area contributed by atoms with Crippen LogP contribution in [0.5, 0.6) is 5.75 Å². The Labute approximate surface area is 242 Å². The molecule has 0 saturated carbocycles. The highest BCUT2D eigenvalue weighted by molar-refractivity contribution is 7.92. The first-order chi connectivity index (χ1) is 19.4. The number of halogens is 1. The number of hydrogen-bond acceptors (Lipinski definition) is 5. The van der Waals surface area contributed by atoms with E-state index in [1.54, 1.807) is 49.4 Å². The number of nitrogens with one attached hydrogen (secondary N) is 1. The van der Waals surface area contributed by atoms with Crippen LogP contribution in [0.1, 0.15) is 38.8 Å². The van der Waals surface area contributed by atoms with Gasteiger partial charge in [-0.1, -0.05) is 49.7 Å². The summed E-state index contributed by atoms with van der Waals surface area (Å²) in [4.78, 5) is 28.2. The summed E-state index contributed by atoms with van der Waals surface area (Å²) in [6.07, 6.45) is 0. The van der Waals surface area contributed by atoms with Crippen LogP contribution in [0.15, 0.2) is 77.7 Å². The van der Waals surface area contributed by atoms with E-state index in [9.17, 15) is 22.4 Å². The molecule has 3 rings (SSSR count). The molecule has 2 amide bonds. The second-order valence-electron chi connectivity index (χ2n) is 10.2. The van der Waals surface area contributed by atoms with Gasteiger partial charge < -0.3 is 15.0 Å². The Morgan fingerprint density at radius 3 is 2.17 bits per heavy atom. The highest BCUT2D eigenvalue weighted by atomic mass is 32.2. The van der Waals surface area contributed by atoms with Crippen molar-refractivity contribution in [1.29, 1.82) is 0 Å². The minimum atomic E-state index is -4.20. The maximum atomic E-state index is 14.6. The molecule has 0 radical (unpaired) electrons. The number of carbonyl (C=O) groups is 2. The number of ether oxygens (including phenoxy) is 1. The van der Waals surface area contributed by atoms with Crippen LogP contribution < -0.4 is 14.4 Å². The van der Waals surface area contributed by atoms with Gasteiger partial charge in [0.2, 0.25) is 11.8 Å². The number of hydrogen-bond donors (Lipinski definition) is 1. The van der Waals surface area contributed by atoms with Crippen LogP contribution in [-0.4, -0.2) is 50.9 Å². The smallest absolute Gasteiger partial charge is 0.264 e. The van der Waals surface area contributed by atoms with E-state index in [2.05, 4.69) is 5.32 Å². The van der Waals surface area contributed by atoms with E-state index in [0.29, 0.717) is 18.9 Å². The van der Waals surface area contributed by atoms with Gasteiger partial charge in [-0.25, -0.2) is 12.8 Å². The molecular formula is C31H38FN3O5S. The van der Waals surface area contributed by atoms with Gasteiger partial charge in [0.15, 0.2) is 0 Å². The van der Waals surface area contributed by atoms with Crippen LogP contribution >= 0.6 is 0 Å². The third-order valence-corrected chi connectivity index (χ3v) is 8.26. The first kappa shape index (κ1) is 31.6. The van der Waals surface area contributed by atoms with Crippen molar-refractivity contribution in [3.05, 3.63) is 89.7 Å². The molecule has 0 aromatic heterocycles. The first-order valence-electron chi connectivity index (χ1n) is 13.6. The topological polar surface area (TPSA) is 96.0 Å². The summed E-state index contributed by atoms with van der Waals surface area (Å²) < 4.78 is 48.9. The van der Waals surface area contributed by atoms with Gasteiger partial charge in [-0.3, -0.25) is 13.9 Å². The highest BCUT2D eigenvalue weighted by Gasteiger charge is 2.33. The average molecular weight is 584 g/mol. The molecule has 0 aliphatic carbocycles. The molecule has 1 N–H and O–H groups in total. The molecule has 0 spiro atoms. The molecule has 8 nitrogen and oxygen atoms in total. The Morgan fingerprint density at radius 1 is 0.951 bits per heavy atom. The largest absolute Gasteiger partial charge is 0.494 e. The number of anilines is 1. The lowest BCUT2D eigenvalue weighted by Crippen LogP contribution is -2.51. The van der Waals surface area contributed by atoms with Crippen LogP contribution in [-0.2, 0) is 26.2 Å². The monoisotopic (exact) mass is 583 g/mol. The average Bonchev–Trinajstić information content (AvgIpc) is 2.94. The molecule has 1 atom stereocenters. The molecule has 0 aliphatic rings. The molecule has 10 heteroatoms.